The fourth-order valence-electron chi connectivity index (χ4n) is 1.91. The lowest BCUT2D eigenvalue weighted by molar-refractivity contribution is 0.0979. The van der Waals surface area contributed by atoms with Gasteiger partial charge in [0.05, 0.1) is 12.0 Å². The average molecular weight is 253 g/mol. The number of ketones is 1. The zero-order valence-electron chi connectivity index (χ0n) is 10.2. The zero-order valence-corrected chi connectivity index (χ0v) is 10.2. The highest BCUT2D eigenvalue weighted by atomic mass is 19.1. The molecule has 1 atom stereocenters. The van der Waals surface area contributed by atoms with Crippen molar-refractivity contribution in [3.8, 4) is 6.07 Å². The first-order valence-corrected chi connectivity index (χ1v) is 5.94. The SMILES string of the molecule is N#CC(CC(=O)c1ccccc1)c1ccccc1F. The van der Waals surface area contributed by atoms with Gasteiger partial charge in [0, 0.05) is 17.5 Å². The van der Waals surface area contributed by atoms with Gasteiger partial charge in [0.2, 0.25) is 0 Å². The van der Waals surface area contributed by atoms with Gasteiger partial charge < -0.3 is 0 Å². The van der Waals surface area contributed by atoms with Crippen LogP contribution in [0.25, 0.3) is 0 Å². The Morgan fingerprint density at radius 3 is 2.37 bits per heavy atom. The van der Waals surface area contributed by atoms with E-state index in [0.717, 1.165) is 0 Å². The van der Waals surface area contributed by atoms with Gasteiger partial charge in [-0.25, -0.2) is 4.39 Å². The van der Waals surface area contributed by atoms with Crippen molar-refractivity contribution in [2.24, 2.45) is 0 Å². The molecule has 0 aliphatic heterocycles. The first-order chi connectivity index (χ1) is 9.22. The highest BCUT2D eigenvalue weighted by Crippen LogP contribution is 2.23. The van der Waals surface area contributed by atoms with Gasteiger partial charge in [-0.2, -0.15) is 5.26 Å². The minimum atomic E-state index is -0.756. The molecule has 1 unspecified atom stereocenters. The Morgan fingerprint density at radius 1 is 1.11 bits per heavy atom. The maximum absolute atomic E-state index is 13.6. The van der Waals surface area contributed by atoms with Crippen LogP contribution >= 0.6 is 0 Å². The van der Waals surface area contributed by atoms with Crippen molar-refractivity contribution in [2.75, 3.05) is 0 Å². The van der Waals surface area contributed by atoms with Crippen molar-refractivity contribution in [3.05, 3.63) is 71.5 Å². The molecule has 0 heterocycles. The third kappa shape index (κ3) is 3.05. The summed E-state index contributed by atoms with van der Waals surface area (Å²) in [6.07, 6.45) is -0.0125. The minimum absolute atomic E-state index is 0.0125. The lowest BCUT2D eigenvalue weighted by Gasteiger charge is -2.09. The topological polar surface area (TPSA) is 40.9 Å². The molecule has 0 fully saturated rings. The van der Waals surface area contributed by atoms with Crippen molar-refractivity contribution >= 4 is 5.78 Å². The molecule has 0 amide bonds. The predicted octanol–water partition coefficient (Wildman–Crippen LogP) is 3.71. The number of benzene rings is 2. The molecule has 19 heavy (non-hydrogen) atoms. The largest absolute Gasteiger partial charge is 0.294 e. The molecule has 2 aromatic carbocycles. The summed E-state index contributed by atoms with van der Waals surface area (Å²) in [5.41, 5.74) is 0.813. The fourth-order valence-corrected chi connectivity index (χ4v) is 1.91. The van der Waals surface area contributed by atoms with Crippen LogP contribution in [0.15, 0.2) is 54.6 Å². The zero-order chi connectivity index (χ0) is 13.7. The molecule has 0 radical (unpaired) electrons. The molecule has 0 bridgehead atoms. The van der Waals surface area contributed by atoms with Crippen LogP contribution in [0.5, 0.6) is 0 Å². The van der Waals surface area contributed by atoms with Crippen molar-refractivity contribution < 1.29 is 9.18 Å². The van der Waals surface area contributed by atoms with Gasteiger partial charge in [-0.05, 0) is 6.07 Å². The number of hydrogen-bond acceptors (Lipinski definition) is 2. The Hall–Kier alpha value is -2.47. The van der Waals surface area contributed by atoms with Gasteiger partial charge in [-0.1, -0.05) is 48.5 Å². The molecule has 3 heteroatoms. The van der Waals surface area contributed by atoms with Crippen LogP contribution < -0.4 is 0 Å². The molecule has 0 saturated heterocycles. The van der Waals surface area contributed by atoms with E-state index in [1.807, 2.05) is 12.1 Å². The van der Waals surface area contributed by atoms with Crippen LogP contribution in [0.2, 0.25) is 0 Å². The lowest BCUT2D eigenvalue weighted by atomic mass is 9.92. The molecule has 2 rings (SSSR count). The van der Waals surface area contributed by atoms with Crippen molar-refractivity contribution in [1.29, 1.82) is 5.26 Å². The number of hydrogen-bond donors (Lipinski definition) is 0. The standard InChI is InChI=1S/C16H12FNO/c17-15-9-5-4-8-14(15)13(11-18)10-16(19)12-6-2-1-3-7-12/h1-9,13H,10H2. The molecular formula is C16H12FNO. The maximum Gasteiger partial charge on any atom is 0.164 e. The number of carbonyl (C=O) groups is 1. The van der Waals surface area contributed by atoms with E-state index in [4.69, 9.17) is 5.26 Å². The number of halogens is 1. The van der Waals surface area contributed by atoms with Gasteiger partial charge in [0.25, 0.3) is 0 Å². The first-order valence-electron chi connectivity index (χ1n) is 5.94. The summed E-state index contributed by atoms with van der Waals surface area (Å²) in [4.78, 5) is 12.0. The third-order valence-corrected chi connectivity index (χ3v) is 2.92. The molecule has 2 nitrogen and oxygen atoms in total. The fraction of sp³-hybridized carbons (Fsp3) is 0.125. The van der Waals surface area contributed by atoms with Crippen LogP contribution in [-0.4, -0.2) is 5.78 Å². The van der Waals surface area contributed by atoms with Crippen LogP contribution in [0, 0.1) is 17.1 Å². The monoisotopic (exact) mass is 253 g/mol. The molecule has 0 spiro atoms. The molecule has 2 aromatic rings. The van der Waals surface area contributed by atoms with E-state index in [9.17, 15) is 9.18 Å². The van der Waals surface area contributed by atoms with E-state index in [-0.39, 0.29) is 17.8 Å². The number of nitriles is 1. The highest BCUT2D eigenvalue weighted by Gasteiger charge is 2.19. The van der Waals surface area contributed by atoms with Crippen LogP contribution in [-0.2, 0) is 0 Å². The number of nitrogens with zero attached hydrogens (tertiary/aromatic N) is 1. The summed E-state index contributed by atoms with van der Waals surface area (Å²) in [6, 6.07) is 16.8. The lowest BCUT2D eigenvalue weighted by Crippen LogP contribution is -2.07. The summed E-state index contributed by atoms with van der Waals surface area (Å²) in [6.45, 7) is 0. The molecule has 94 valence electrons. The molecule has 0 aliphatic rings. The highest BCUT2D eigenvalue weighted by molar-refractivity contribution is 5.96. The Labute approximate surface area is 111 Å². The van der Waals surface area contributed by atoms with Gasteiger partial charge in [-0.15, -0.1) is 0 Å². The van der Waals surface area contributed by atoms with Crippen molar-refractivity contribution in [1.82, 2.24) is 0 Å². The summed E-state index contributed by atoms with van der Waals surface area (Å²) in [5, 5.41) is 9.13. The van der Waals surface area contributed by atoms with Crippen molar-refractivity contribution in [3.63, 3.8) is 0 Å². The van der Waals surface area contributed by atoms with E-state index < -0.39 is 11.7 Å². The second-order valence-electron chi connectivity index (χ2n) is 4.20. The van der Waals surface area contributed by atoms with E-state index in [2.05, 4.69) is 0 Å². The van der Waals surface area contributed by atoms with Crippen LogP contribution in [0.3, 0.4) is 0 Å². The average Bonchev–Trinajstić information content (AvgIpc) is 2.46. The van der Waals surface area contributed by atoms with Gasteiger partial charge in [0.15, 0.2) is 5.78 Å². The summed E-state index contributed by atoms with van der Waals surface area (Å²) >= 11 is 0. The Balaban J connectivity index is 2.20. The van der Waals surface area contributed by atoms with Gasteiger partial charge in [-0.3, -0.25) is 4.79 Å². The quantitative estimate of drug-likeness (QED) is 0.779. The second-order valence-corrected chi connectivity index (χ2v) is 4.20. The summed E-state index contributed by atoms with van der Waals surface area (Å²) in [5.74, 6) is -1.36. The molecule has 0 saturated carbocycles. The molecule has 0 N–H and O–H groups in total. The first kappa shape index (κ1) is 13.0. The molecular weight excluding hydrogens is 241 g/mol. The Bertz CT molecular complexity index is 616. The predicted molar refractivity (Wildman–Crippen MR) is 70.1 cm³/mol. The van der Waals surface area contributed by atoms with E-state index in [0.29, 0.717) is 5.56 Å². The van der Waals surface area contributed by atoms with Crippen molar-refractivity contribution in [2.45, 2.75) is 12.3 Å². The van der Waals surface area contributed by atoms with Crippen LogP contribution in [0.1, 0.15) is 28.3 Å². The van der Waals surface area contributed by atoms with Gasteiger partial charge in [0.1, 0.15) is 5.82 Å². The number of Topliss-reactive ketones (excluding diaryl/α,β-unsaturated/α-hetero) is 1. The van der Waals surface area contributed by atoms with E-state index in [1.165, 1.54) is 6.07 Å². The third-order valence-electron chi connectivity index (χ3n) is 2.92. The number of rotatable bonds is 4. The van der Waals surface area contributed by atoms with E-state index in [1.54, 1.807) is 42.5 Å². The molecule has 0 aliphatic carbocycles. The maximum atomic E-state index is 13.6. The molecule has 0 aromatic heterocycles. The smallest absolute Gasteiger partial charge is 0.164 e. The minimum Gasteiger partial charge on any atom is -0.294 e. The van der Waals surface area contributed by atoms with E-state index >= 15 is 0 Å². The van der Waals surface area contributed by atoms with Crippen LogP contribution in [0.4, 0.5) is 4.39 Å². The summed E-state index contributed by atoms with van der Waals surface area (Å²) in [7, 11) is 0. The summed E-state index contributed by atoms with van der Waals surface area (Å²) < 4.78 is 13.6. The second kappa shape index (κ2) is 5.92. The Morgan fingerprint density at radius 2 is 1.74 bits per heavy atom. The Kier molecular flexibility index (Phi) is 4.04. The number of carbonyl (C=O) groups excluding carboxylic acids is 1. The van der Waals surface area contributed by atoms with Gasteiger partial charge >= 0.3 is 0 Å². The normalized spacial score (nSPS) is 11.6.